The van der Waals surface area contributed by atoms with Gasteiger partial charge in [-0.15, -0.1) is 0 Å². The van der Waals surface area contributed by atoms with Crippen LogP contribution in [-0.4, -0.2) is 34.4 Å². The van der Waals surface area contributed by atoms with E-state index in [1.54, 1.807) is 0 Å². The van der Waals surface area contributed by atoms with Gasteiger partial charge in [0.2, 0.25) is 0 Å². The highest BCUT2D eigenvalue weighted by Gasteiger charge is 2.33. The Morgan fingerprint density at radius 1 is 0.793 bits per heavy atom. The van der Waals surface area contributed by atoms with Gasteiger partial charge in [-0.25, -0.2) is 0 Å². The van der Waals surface area contributed by atoms with Crippen LogP contribution in [0.5, 0.6) is 0 Å². The molecule has 0 radical (unpaired) electrons. The Morgan fingerprint density at radius 2 is 1.38 bits per heavy atom. The van der Waals surface area contributed by atoms with Crippen LogP contribution < -0.4 is 10.4 Å². The molecule has 1 aliphatic heterocycles. The average Bonchev–Trinajstić information content (AvgIpc) is 2.72. The molecule has 1 fully saturated rings. The molecule has 0 unspecified atom stereocenters. The van der Waals surface area contributed by atoms with E-state index in [1.807, 2.05) is 24.3 Å². The molecular weight excluding hydrogens is 357 g/mol. The highest BCUT2D eigenvalue weighted by atomic mass is 16.6. The Hall–Kier alpha value is -2.74. The predicted molar refractivity (Wildman–Crippen MR) is 122 cm³/mol. The molecular formula is C25H26BNO2. The molecule has 1 saturated heterocycles. The van der Waals surface area contributed by atoms with Gasteiger partial charge in [0.1, 0.15) is 0 Å². The van der Waals surface area contributed by atoms with Crippen LogP contribution in [0.1, 0.15) is 25.0 Å². The second kappa shape index (κ2) is 7.95. The van der Waals surface area contributed by atoms with Crippen molar-refractivity contribution in [2.24, 2.45) is 5.41 Å². The molecule has 0 aliphatic carbocycles. The van der Waals surface area contributed by atoms with Gasteiger partial charge in [0, 0.05) is 49.5 Å². The van der Waals surface area contributed by atoms with Crippen LogP contribution in [0.25, 0.3) is 10.8 Å². The van der Waals surface area contributed by atoms with E-state index in [2.05, 4.69) is 81.1 Å². The summed E-state index contributed by atoms with van der Waals surface area (Å²) in [6.07, 6.45) is 0. The molecule has 1 heterocycles. The van der Waals surface area contributed by atoms with Crippen LogP contribution in [-0.2, 0) is 9.31 Å². The second-order valence-electron chi connectivity index (χ2n) is 8.63. The largest absolute Gasteiger partial charge is 0.493 e. The van der Waals surface area contributed by atoms with Gasteiger partial charge in [-0.3, -0.25) is 0 Å². The van der Waals surface area contributed by atoms with Crippen molar-refractivity contribution in [3.05, 3.63) is 71.8 Å². The number of hydrogen-bond acceptors (Lipinski definition) is 3. The molecule has 0 saturated carbocycles. The molecule has 0 spiro atoms. The first-order valence-electron chi connectivity index (χ1n) is 9.96. The van der Waals surface area contributed by atoms with E-state index < -0.39 is 0 Å². The lowest BCUT2D eigenvalue weighted by Crippen LogP contribution is -2.47. The molecule has 4 heteroatoms. The minimum atomic E-state index is -0.280. The molecule has 4 rings (SSSR count). The van der Waals surface area contributed by atoms with Gasteiger partial charge in [-0.05, 0) is 52.6 Å². The Morgan fingerprint density at radius 3 is 2.07 bits per heavy atom. The van der Waals surface area contributed by atoms with Crippen molar-refractivity contribution in [1.82, 2.24) is 0 Å². The lowest BCUT2D eigenvalue weighted by atomic mass is 9.76. The molecule has 0 atom stereocenters. The monoisotopic (exact) mass is 383 g/mol. The third-order valence-electron chi connectivity index (χ3n) is 5.13. The van der Waals surface area contributed by atoms with Crippen molar-refractivity contribution in [2.45, 2.75) is 13.8 Å². The summed E-state index contributed by atoms with van der Waals surface area (Å²) < 4.78 is 11.7. The summed E-state index contributed by atoms with van der Waals surface area (Å²) in [5.74, 6) is 6.54. The summed E-state index contributed by atoms with van der Waals surface area (Å²) in [5.41, 5.74) is 4.31. The van der Waals surface area contributed by atoms with Crippen LogP contribution >= 0.6 is 0 Å². The fourth-order valence-corrected chi connectivity index (χ4v) is 3.34. The molecule has 0 N–H and O–H groups in total. The van der Waals surface area contributed by atoms with Crippen LogP contribution in [0.15, 0.2) is 60.7 Å². The van der Waals surface area contributed by atoms with Gasteiger partial charge in [-0.1, -0.05) is 50.0 Å². The van der Waals surface area contributed by atoms with Crippen molar-refractivity contribution < 1.29 is 9.31 Å². The SMILES string of the molecule is CN(C)c1ccc2cc(C#Cc3ccc(B4OCC(C)(C)CO4)cc3)ccc2c1. The predicted octanol–water partition coefficient (Wildman–Crippen LogP) is 4.07. The fourth-order valence-electron chi connectivity index (χ4n) is 3.34. The lowest BCUT2D eigenvalue weighted by molar-refractivity contribution is 0.0343. The third kappa shape index (κ3) is 4.64. The Bertz CT molecular complexity index is 1070. The van der Waals surface area contributed by atoms with Crippen molar-refractivity contribution in [3.63, 3.8) is 0 Å². The summed E-state index contributed by atoms with van der Waals surface area (Å²) in [6.45, 7) is 5.71. The summed E-state index contributed by atoms with van der Waals surface area (Å²) in [5, 5.41) is 2.43. The van der Waals surface area contributed by atoms with Crippen molar-refractivity contribution in [1.29, 1.82) is 0 Å². The van der Waals surface area contributed by atoms with Crippen LogP contribution in [0.2, 0.25) is 0 Å². The Balaban J connectivity index is 1.48. The highest BCUT2D eigenvalue weighted by molar-refractivity contribution is 6.61. The fraction of sp³-hybridized carbons (Fsp3) is 0.280. The molecule has 3 nitrogen and oxygen atoms in total. The first-order chi connectivity index (χ1) is 13.9. The van der Waals surface area contributed by atoms with E-state index in [1.165, 1.54) is 16.5 Å². The number of rotatable bonds is 2. The zero-order chi connectivity index (χ0) is 20.4. The summed E-state index contributed by atoms with van der Waals surface area (Å²) >= 11 is 0. The molecule has 3 aromatic rings. The topological polar surface area (TPSA) is 21.7 Å². The van der Waals surface area contributed by atoms with E-state index in [9.17, 15) is 0 Å². The quantitative estimate of drug-likeness (QED) is 0.492. The molecule has 0 aromatic heterocycles. The van der Waals surface area contributed by atoms with E-state index >= 15 is 0 Å². The zero-order valence-electron chi connectivity index (χ0n) is 17.5. The lowest BCUT2D eigenvalue weighted by Gasteiger charge is -2.33. The van der Waals surface area contributed by atoms with E-state index in [-0.39, 0.29) is 12.5 Å². The smallest absolute Gasteiger partial charge is 0.407 e. The van der Waals surface area contributed by atoms with Gasteiger partial charge in [0.05, 0.1) is 0 Å². The van der Waals surface area contributed by atoms with E-state index in [4.69, 9.17) is 9.31 Å². The normalized spacial score (nSPS) is 15.7. The molecule has 29 heavy (non-hydrogen) atoms. The number of anilines is 1. The Labute approximate surface area is 173 Å². The minimum absolute atomic E-state index is 0.0792. The second-order valence-corrected chi connectivity index (χ2v) is 8.63. The summed E-state index contributed by atoms with van der Waals surface area (Å²) in [7, 11) is 3.83. The van der Waals surface area contributed by atoms with Crippen molar-refractivity contribution in [2.75, 3.05) is 32.2 Å². The van der Waals surface area contributed by atoms with E-state index in [0.29, 0.717) is 13.2 Å². The molecule has 146 valence electrons. The van der Waals surface area contributed by atoms with Gasteiger partial charge in [0.15, 0.2) is 0 Å². The number of benzene rings is 3. The first kappa shape index (κ1) is 19.6. The first-order valence-corrected chi connectivity index (χ1v) is 9.96. The number of fused-ring (bicyclic) bond motifs is 1. The molecule has 0 bridgehead atoms. The third-order valence-corrected chi connectivity index (χ3v) is 5.13. The van der Waals surface area contributed by atoms with Gasteiger partial charge in [0.25, 0.3) is 0 Å². The summed E-state index contributed by atoms with van der Waals surface area (Å²) in [4.78, 5) is 2.11. The van der Waals surface area contributed by atoms with Gasteiger partial charge in [-0.2, -0.15) is 0 Å². The van der Waals surface area contributed by atoms with Crippen LogP contribution in [0.3, 0.4) is 0 Å². The molecule has 1 aliphatic rings. The highest BCUT2D eigenvalue weighted by Crippen LogP contribution is 2.22. The van der Waals surface area contributed by atoms with Crippen LogP contribution in [0, 0.1) is 17.3 Å². The molecule has 0 amide bonds. The molecule has 3 aromatic carbocycles. The van der Waals surface area contributed by atoms with Crippen LogP contribution in [0.4, 0.5) is 5.69 Å². The summed E-state index contributed by atoms with van der Waals surface area (Å²) in [6, 6.07) is 21.0. The Kier molecular flexibility index (Phi) is 5.36. The minimum Gasteiger partial charge on any atom is -0.407 e. The number of nitrogens with zero attached hydrogens (tertiary/aromatic N) is 1. The maximum atomic E-state index is 5.85. The zero-order valence-corrected chi connectivity index (χ0v) is 17.5. The standard InChI is InChI=1S/C25H26BNO2/c1-25(2)17-28-26(29-18-25)23-12-8-19(9-13-23)5-6-20-7-10-22-16-24(27(3)4)14-11-21(22)15-20/h7-16H,17-18H2,1-4H3. The van der Waals surface area contributed by atoms with Crippen molar-refractivity contribution >= 4 is 29.0 Å². The maximum Gasteiger partial charge on any atom is 0.493 e. The van der Waals surface area contributed by atoms with Gasteiger partial charge < -0.3 is 14.2 Å². The van der Waals surface area contributed by atoms with E-state index in [0.717, 1.165) is 16.6 Å². The van der Waals surface area contributed by atoms with Crippen molar-refractivity contribution in [3.8, 4) is 11.8 Å². The number of hydrogen-bond donors (Lipinski definition) is 0. The average molecular weight is 383 g/mol. The van der Waals surface area contributed by atoms with Gasteiger partial charge >= 0.3 is 7.12 Å². The maximum absolute atomic E-state index is 5.85.